The van der Waals surface area contributed by atoms with E-state index in [1.807, 2.05) is 54.6 Å². The summed E-state index contributed by atoms with van der Waals surface area (Å²) in [6.45, 7) is 0. The van der Waals surface area contributed by atoms with E-state index < -0.39 is 0 Å². The molecule has 2 aromatic carbocycles. The molecular weight excluding hydrogens is 282 g/mol. The summed E-state index contributed by atoms with van der Waals surface area (Å²) < 4.78 is 0. The van der Waals surface area contributed by atoms with Crippen molar-refractivity contribution in [1.29, 1.82) is 0 Å². The average molecular weight is 296 g/mol. The Bertz CT molecular complexity index is 740. The van der Waals surface area contributed by atoms with Crippen molar-refractivity contribution < 1.29 is 0 Å². The highest BCUT2D eigenvalue weighted by molar-refractivity contribution is 6.30. The molecule has 1 aromatic heterocycles. The molecule has 0 radical (unpaired) electrons. The summed E-state index contributed by atoms with van der Waals surface area (Å²) >= 11 is 5.89. The van der Waals surface area contributed by atoms with Crippen LogP contribution in [0.3, 0.4) is 0 Å². The Balaban J connectivity index is 1.93. The fourth-order valence-corrected chi connectivity index (χ4v) is 2.26. The summed E-state index contributed by atoms with van der Waals surface area (Å²) in [7, 11) is 0. The van der Waals surface area contributed by atoms with Gasteiger partial charge in [-0.1, -0.05) is 54.1 Å². The van der Waals surface area contributed by atoms with Crippen LogP contribution >= 0.6 is 11.6 Å². The van der Waals surface area contributed by atoms with Crippen LogP contribution in [0.15, 0.2) is 60.7 Å². The van der Waals surface area contributed by atoms with E-state index in [-0.39, 0.29) is 0 Å². The second-order valence-corrected chi connectivity index (χ2v) is 5.20. The Kier molecular flexibility index (Phi) is 3.84. The van der Waals surface area contributed by atoms with Crippen molar-refractivity contribution in [2.24, 2.45) is 0 Å². The predicted octanol–water partition coefficient (Wildman–Crippen LogP) is 3.97. The highest BCUT2D eigenvalue weighted by Crippen LogP contribution is 2.19. The van der Waals surface area contributed by atoms with Crippen LogP contribution in [-0.2, 0) is 6.42 Å². The molecule has 0 atom stereocenters. The van der Waals surface area contributed by atoms with Crippen LogP contribution in [0.1, 0.15) is 11.4 Å². The number of aromatic nitrogens is 2. The third kappa shape index (κ3) is 3.38. The molecule has 0 spiro atoms. The van der Waals surface area contributed by atoms with Crippen LogP contribution in [0, 0.1) is 0 Å². The molecule has 0 bridgehead atoms. The SMILES string of the molecule is Nc1cc(-c2ccccc2)nc(Cc2ccc(Cl)cc2)n1. The van der Waals surface area contributed by atoms with Gasteiger partial charge in [0.1, 0.15) is 11.6 Å². The number of nitrogen functional groups attached to an aromatic ring is 1. The highest BCUT2D eigenvalue weighted by atomic mass is 35.5. The summed E-state index contributed by atoms with van der Waals surface area (Å²) in [5.74, 6) is 1.18. The third-order valence-electron chi connectivity index (χ3n) is 3.14. The second-order valence-electron chi connectivity index (χ2n) is 4.76. The number of nitrogens with two attached hydrogens (primary N) is 1. The quantitative estimate of drug-likeness (QED) is 0.795. The monoisotopic (exact) mass is 295 g/mol. The van der Waals surface area contributed by atoms with Gasteiger partial charge < -0.3 is 5.73 Å². The molecule has 3 rings (SSSR count). The molecule has 0 aliphatic rings. The van der Waals surface area contributed by atoms with Crippen LogP contribution in [-0.4, -0.2) is 9.97 Å². The zero-order valence-electron chi connectivity index (χ0n) is 11.3. The molecular formula is C17H14ClN3. The van der Waals surface area contributed by atoms with E-state index in [9.17, 15) is 0 Å². The Morgan fingerprint density at radius 1 is 0.905 bits per heavy atom. The molecule has 3 aromatic rings. The predicted molar refractivity (Wildman–Crippen MR) is 86.1 cm³/mol. The minimum absolute atomic E-state index is 0.479. The summed E-state index contributed by atoms with van der Waals surface area (Å²) in [6, 6.07) is 19.4. The van der Waals surface area contributed by atoms with E-state index >= 15 is 0 Å². The van der Waals surface area contributed by atoms with Gasteiger partial charge >= 0.3 is 0 Å². The van der Waals surface area contributed by atoms with Crippen LogP contribution in [0.5, 0.6) is 0 Å². The first kappa shape index (κ1) is 13.6. The molecule has 1 heterocycles. The zero-order chi connectivity index (χ0) is 14.7. The van der Waals surface area contributed by atoms with E-state index in [2.05, 4.69) is 9.97 Å². The van der Waals surface area contributed by atoms with Crippen LogP contribution in [0.4, 0.5) is 5.82 Å². The van der Waals surface area contributed by atoms with Crippen molar-refractivity contribution >= 4 is 17.4 Å². The third-order valence-corrected chi connectivity index (χ3v) is 3.39. The van der Waals surface area contributed by atoms with E-state index in [1.165, 1.54) is 0 Å². The van der Waals surface area contributed by atoms with Gasteiger partial charge in [-0.05, 0) is 17.7 Å². The van der Waals surface area contributed by atoms with Crippen molar-refractivity contribution in [3.05, 3.63) is 77.1 Å². The fraction of sp³-hybridized carbons (Fsp3) is 0.0588. The van der Waals surface area contributed by atoms with Crippen molar-refractivity contribution in [3.63, 3.8) is 0 Å². The van der Waals surface area contributed by atoms with Gasteiger partial charge in [-0.25, -0.2) is 9.97 Å². The van der Waals surface area contributed by atoms with Crippen LogP contribution in [0.2, 0.25) is 5.02 Å². The molecule has 0 amide bonds. The molecule has 0 saturated carbocycles. The highest BCUT2D eigenvalue weighted by Gasteiger charge is 2.06. The molecule has 0 aliphatic carbocycles. The Morgan fingerprint density at radius 2 is 1.62 bits per heavy atom. The first-order valence-electron chi connectivity index (χ1n) is 6.64. The fourth-order valence-electron chi connectivity index (χ4n) is 2.14. The lowest BCUT2D eigenvalue weighted by molar-refractivity contribution is 0.978. The molecule has 4 heteroatoms. The number of benzene rings is 2. The molecule has 104 valence electrons. The average Bonchev–Trinajstić information content (AvgIpc) is 2.50. The van der Waals surface area contributed by atoms with E-state index in [0.29, 0.717) is 18.1 Å². The Morgan fingerprint density at radius 3 is 2.33 bits per heavy atom. The molecule has 2 N–H and O–H groups in total. The number of anilines is 1. The molecule has 3 nitrogen and oxygen atoms in total. The lowest BCUT2D eigenvalue weighted by Crippen LogP contribution is -2.02. The van der Waals surface area contributed by atoms with Gasteiger partial charge in [0.15, 0.2) is 0 Å². The van der Waals surface area contributed by atoms with Gasteiger partial charge in [0.25, 0.3) is 0 Å². The van der Waals surface area contributed by atoms with E-state index in [1.54, 1.807) is 6.07 Å². The second kappa shape index (κ2) is 5.94. The number of halogens is 1. The lowest BCUT2D eigenvalue weighted by Gasteiger charge is -2.06. The van der Waals surface area contributed by atoms with Crippen LogP contribution in [0.25, 0.3) is 11.3 Å². The van der Waals surface area contributed by atoms with Gasteiger partial charge in [-0.15, -0.1) is 0 Å². The van der Waals surface area contributed by atoms with Crippen molar-refractivity contribution in [1.82, 2.24) is 9.97 Å². The topological polar surface area (TPSA) is 51.8 Å². The number of nitrogens with zero attached hydrogens (tertiary/aromatic N) is 2. The largest absolute Gasteiger partial charge is 0.384 e. The minimum atomic E-state index is 0.479. The first-order valence-corrected chi connectivity index (χ1v) is 7.02. The molecule has 0 aliphatic heterocycles. The number of hydrogen-bond donors (Lipinski definition) is 1. The van der Waals surface area contributed by atoms with Crippen LogP contribution < -0.4 is 5.73 Å². The Hall–Kier alpha value is -2.39. The standard InChI is InChI=1S/C17H14ClN3/c18-14-8-6-12(7-9-14)10-17-20-15(11-16(19)21-17)13-4-2-1-3-5-13/h1-9,11H,10H2,(H2,19,20,21). The summed E-state index contributed by atoms with van der Waals surface area (Å²) in [4.78, 5) is 8.91. The maximum Gasteiger partial charge on any atom is 0.135 e. The van der Waals surface area contributed by atoms with Gasteiger partial charge in [0.05, 0.1) is 5.69 Å². The minimum Gasteiger partial charge on any atom is -0.384 e. The van der Waals surface area contributed by atoms with E-state index in [4.69, 9.17) is 17.3 Å². The van der Waals surface area contributed by atoms with Crippen molar-refractivity contribution in [3.8, 4) is 11.3 Å². The van der Waals surface area contributed by atoms with Gasteiger partial charge in [-0.3, -0.25) is 0 Å². The molecule has 0 fully saturated rings. The van der Waals surface area contributed by atoms with Gasteiger partial charge in [0, 0.05) is 23.1 Å². The maximum atomic E-state index is 5.90. The summed E-state index contributed by atoms with van der Waals surface area (Å²) in [5.41, 5.74) is 8.87. The number of rotatable bonds is 3. The first-order chi connectivity index (χ1) is 10.2. The van der Waals surface area contributed by atoms with E-state index in [0.717, 1.165) is 21.8 Å². The lowest BCUT2D eigenvalue weighted by atomic mass is 10.1. The molecule has 21 heavy (non-hydrogen) atoms. The maximum absolute atomic E-state index is 5.90. The van der Waals surface area contributed by atoms with Gasteiger partial charge in [-0.2, -0.15) is 0 Å². The summed E-state index contributed by atoms with van der Waals surface area (Å²) in [6.07, 6.45) is 0.627. The molecule has 0 unspecified atom stereocenters. The molecule has 0 saturated heterocycles. The summed E-state index contributed by atoms with van der Waals surface area (Å²) in [5, 5.41) is 0.720. The zero-order valence-corrected chi connectivity index (χ0v) is 12.1. The van der Waals surface area contributed by atoms with Crippen molar-refractivity contribution in [2.75, 3.05) is 5.73 Å². The normalized spacial score (nSPS) is 10.5. The Labute approximate surface area is 128 Å². The van der Waals surface area contributed by atoms with Crippen molar-refractivity contribution in [2.45, 2.75) is 6.42 Å². The smallest absolute Gasteiger partial charge is 0.135 e. The van der Waals surface area contributed by atoms with Gasteiger partial charge in [0.2, 0.25) is 0 Å². The number of hydrogen-bond acceptors (Lipinski definition) is 3.